The van der Waals surface area contributed by atoms with Gasteiger partial charge in [0.05, 0.1) is 39.7 Å². The number of H-pyrrole nitrogens is 1. The van der Waals surface area contributed by atoms with Crippen LogP contribution >= 0.6 is 0 Å². The van der Waals surface area contributed by atoms with Gasteiger partial charge in [0.1, 0.15) is 5.82 Å². The topological polar surface area (TPSA) is 189 Å². The molecule has 7 aromatic heterocycles. The lowest BCUT2D eigenvalue weighted by Crippen LogP contribution is -2.41. The van der Waals surface area contributed by atoms with Gasteiger partial charge in [-0.1, -0.05) is 67.5 Å². The SMILES string of the molecule is CC.CC.CC.CC.CCO.CCn1ccc(C)n1.CCn1nc(C)c(-c2ccc(N3CCc4cccc(C(=O)NC)c4C3)nc2C)c1C.CCn1nc(C)c(B2OC(C)(C)C(C)(C)O2)c1C.CCn1nc(C)c(C)c1C.CCn1nc(C)cc1C.Cc1cc[nH]c1. The molecule has 3 N–H and O–H groups in total. The van der Waals surface area contributed by atoms with Crippen molar-refractivity contribution in [3.05, 3.63) is 152 Å². The molecule has 1 amide bonds. The third kappa shape index (κ3) is 24.1. The summed E-state index contributed by atoms with van der Waals surface area (Å²) in [5.41, 5.74) is 19.7. The predicted octanol–water partition coefficient (Wildman–Crippen LogP) is 15.6. The molecule has 1 fully saturated rings. The van der Waals surface area contributed by atoms with E-state index in [1.165, 1.54) is 39.3 Å². The number of fused-ring (bicyclic) bond motifs is 1. The fourth-order valence-electron chi connectivity index (χ4n) is 9.96. The highest BCUT2D eigenvalue weighted by Gasteiger charge is 2.53. The van der Waals surface area contributed by atoms with Crippen LogP contribution in [0.25, 0.3) is 11.1 Å². The van der Waals surface area contributed by atoms with E-state index in [0.29, 0.717) is 6.54 Å². The number of rotatable bonds is 9. The van der Waals surface area contributed by atoms with Crippen molar-refractivity contribution in [1.29, 1.82) is 0 Å². The largest absolute Gasteiger partial charge is 0.498 e. The van der Waals surface area contributed by atoms with Gasteiger partial charge in [-0.2, -0.15) is 25.5 Å². The van der Waals surface area contributed by atoms with E-state index in [0.717, 1.165) is 114 Å². The van der Waals surface area contributed by atoms with Gasteiger partial charge >= 0.3 is 7.12 Å². The van der Waals surface area contributed by atoms with E-state index in [2.05, 4.69) is 190 Å². The number of aromatic amines is 1. The highest BCUT2D eigenvalue weighted by molar-refractivity contribution is 6.63. The fourth-order valence-corrected chi connectivity index (χ4v) is 9.96. The van der Waals surface area contributed by atoms with Crippen LogP contribution in [-0.4, -0.2) is 108 Å². The second kappa shape index (κ2) is 42.9. The van der Waals surface area contributed by atoms with E-state index < -0.39 is 0 Å². The number of nitrogens with one attached hydrogen (secondary N) is 2. The molecule has 0 bridgehead atoms. The molecule has 514 valence electrons. The van der Waals surface area contributed by atoms with Crippen LogP contribution in [0.4, 0.5) is 5.82 Å². The Morgan fingerprint density at radius 1 is 0.620 bits per heavy atom. The number of nitrogens with zero attached hydrogens (tertiary/aromatic N) is 12. The lowest BCUT2D eigenvalue weighted by Gasteiger charge is -2.32. The summed E-state index contributed by atoms with van der Waals surface area (Å²) >= 11 is 0. The van der Waals surface area contributed by atoms with Crippen molar-refractivity contribution in [1.82, 2.24) is 64.2 Å². The molecular weight excluding hydrogens is 1150 g/mol. The molecule has 19 heteroatoms. The number of hydrogen-bond donors (Lipinski definition) is 3. The summed E-state index contributed by atoms with van der Waals surface area (Å²) in [4.78, 5) is 22.5. The number of hydrogen-bond acceptors (Lipinski definition) is 11. The molecule has 1 saturated heterocycles. The maximum absolute atomic E-state index is 12.3. The van der Waals surface area contributed by atoms with Gasteiger partial charge in [0.25, 0.3) is 5.91 Å². The standard InChI is InChI=1S/C24H29N5O.C13H23BN2O2.C8H14N2.C7H12N2.C6H10N2.C5H7N.C2H6O.4C2H6/c1-6-29-17(4)23(16(3)27-29)19-10-11-22(26-15(19)2)28-13-12-18-8-7-9-20(21(18)14-28)24(30)25-5;1-8-16-10(3)11(9(2)15-16)14-17-12(4,5)13(6,7)18-14;1-5-10-8(4)6(2)7(3)9-10;1-4-9-7(3)5-6(2)8-9;1-3-8-5-4-6(2)7-8;1-5-2-3-6-4-5;1-2-3;4*1-2/h7-11H,6,12-14H2,1-5H3,(H,25,30);8H2,1-7H3;5H2,1-4H3;5H,4H2,1-3H3;4-5H,3H2,1-2H3;2-4,6H,1H3;3H,2H2,1H3;4*1-2H3. The average Bonchev–Trinajstić information content (AvgIpc) is 1.56. The summed E-state index contributed by atoms with van der Waals surface area (Å²) < 4.78 is 22.2. The Labute approximate surface area is 557 Å². The van der Waals surface area contributed by atoms with Crippen LogP contribution in [0.15, 0.2) is 67.1 Å². The molecule has 0 unspecified atom stereocenters. The Morgan fingerprint density at radius 2 is 1.15 bits per heavy atom. The van der Waals surface area contributed by atoms with Crippen LogP contribution in [0.1, 0.15) is 214 Å². The third-order valence-electron chi connectivity index (χ3n) is 15.6. The smallest absolute Gasteiger partial charge is 0.399 e. The lowest BCUT2D eigenvalue weighted by molar-refractivity contribution is 0.00578. The first-order chi connectivity index (χ1) is 43.7. The number of aromatic nitrogens is 12. The van der Waals surface area contributed by atoms with Gasteiger partial charge in [-0.15, -0.1) is 0 Å². The summed E-state index contributed by atoms with van der Waals surface area (Å²) in [6, 6.07) is 16.4. The lowest BCUT2D eigenvalue weighted by atomic mass is 9.77. The number of aliphatic hydroxyl groups excluding tert-OH is 1. The molecule has 1 aromatic carbocycles. The van der Waals surface area contributed by atoms with Gasteiger partial charge in [-0.05, 0) is 217 Å². The van der Waals surface area contributed by atoms with E-state index in [4.69, 9.17) is 19.4 Å². The van der Waals surface area contributed by atoms with Crippen molar-refractivity contribution in [3.8, 4) is 11.1 Å². The second-order valence-corrected chi connectivity index (χ2v) is 22.2. The maximum atomic E-state index is 12.3. The van der Waals surface area contributed by atoms with Crippen LogP contribution in [0.2, 0.25) is 0 Å². The zero-order valence-electron chi connectivity index (χ0n) is 63.3. The number of aryl methyl sites for hydroxylation is 13. The summed E-state index contributed by atoms with van der Waals surface area (Å²) in [5.74, 6) is 0.916. The number of benzene rings is 1. The first-order valence-corrected chi connectivity index (χ1v) is 33.9. The second-order valence-electron chi connectivity index (χ2n) is 22.2. The van der Waals surface area contributed by atoms with Gasteiger partial charge in [-0.25, -0.2) is 4.98 Å². The van der Waals surface area contributed by atoms with Crippen LogP contribution < -0.4 is 15.7 Å². The Kier molecular flexibility index (Phi) is 39.6. The van der Waals surface area contributed by atoms with E-state index in [1.54, 1.807) is 14.0 Å². The summed E-state index contributed by atoms with van der Waals surface area (Å²) in [7, 11) is 1.37. The quantitative estimate of drug-likeness (QED) is 0.117. The molecule has 0 saturated carbocycles. The Bertz CT molecular complexity index is 3310. The highest BCUT2D eigenvalue weighted by Crippen LogP contribution is 2.37. The molecule has 0 aliphatic carbocycles. The fraction of sp³-hybridized carbons (Fsp3) is 0.575. The molecule has 0 spiro atoms. The summed E-state index contributed by atoms with van der Waals surface area (Å²) in [5, 5.41) is 32.2. The van der Waals surface area contributed by atoms with Crippen molar-refractivity contribution < 1.29 is 19.2 Å². The van der Waals surface area contributed by atoms with Gasteiger partial charge in [0, 0.05) is 129 Å². The molecule has 0 radical (unpaired) electrons. The number of pyridine rings is 1. The van der Waals surface area contributed by atoms with E-state index >= 15 is 0 Å². The van der Waals surface area contributed by atoms with Crippen LogP contribution in [0.3, 0.4) is 0 Å². The van der Waals surface area contributed by atoms with Crippen molar-refractivity contribution in [2.45, 2.75) is 265 Å². The highest BCUT2D eigenvalue weighted by atomic mass is 16.7. The molecule has 2 aliphatic heterocycles. The van der Waals surface area contributed by atoms with Gasteiger partial charge in [-0.3, -0.25) is 28.2 Å². The minimum Gasteiger partial charge on any atom is -0.399 e. The van der Waals surface area contributed by atoms with Crippen LogP contribution in [-0.2, 0) is 55.0 Å². The Morgan fingerprint density at radius 3 is 1.52 bits per heavy atom. The summed E-state index contributed by atoms with van der Waals surface area (Å²) in [6.07, 6.45) is 6.76. The molecule has 9 heterocycles. The first-order valence-electron chi connectivity index (χ1n) is 33.9. The number of carbonyl (C=O) groups is 1. The average molecular weight is 1270 g/mol. The minimum atomic E-state index is -0.310. The molecule has 0 atom stereocenters. The number of aliphatic hydroxyl groups is 1. The van der Waals surface area contributed by atoms with Crippen molar-refractivity contribution in [2.75, 3.05) is 25.1 Å². The van der Waals surface area contributed by atoms with Gasteiger partial charge in [0.15, 0.2) is 0 Å². The normalized spacial score (nSPS) is 12.6. The van der Waals surface area contributed by atoms with E-state index in [1.807, 2.05) is 142 Å². The van der Waals surface area contributed by atoms with Gasteiger partial charge in [0.2, 0.25) is 0 Å². The molecule has 92 heavy (non-hydrogen) atoms. The van der Waals surface area contributed by atoms with Gasteiger partial charge < -0.3 is 29.6 Å². The Hall–Kier alpha value is -7.09. The number of carbonyl (C=O) groups excluding carboxylic acids is 1. The Balaban J connectivity index is 0.00000114. The molecule has 10 rings (SSSR count). The van der Waals surface area contributed by atoms with E-state index in [-0.39, 0.29) is 30.8 Å². The zero-order chi connectivity index (χ0) is 70.8. The molecule has 8 aromatic rings. The monoisotopic (exact) mass is 1270 g/mol. The minimum absolute atomic E-state index is 0.0351. The van der Waals surface area contributed by atoms with Crippen molar-refractivity contribution >= 4 is 24.3 Å². The molecule has 2 aliphatic rings. The number of anilines is 1. The molecule has 18 nitrogen and oxygen atoms in total. The molecular formula is C73H125BN14O4. The zero-order valence-corrected chi connectivity index (χ0v) is 63.3. The van der Waals surface area contributed by atoms with Crippen LogP contribution in [0.5, 0.6) is 0 Å². The third-order valence-corrected chi connectivity index (χ3v) is 15.6. The predicted molar refractivity (Wildman–Crippen MR) is 389 cm³/mol. The van der Waals surface area contributed by atoms with Crippen LogP contribution in [0, 0.1) is 83.1 Å². The van der Waals surface area contributed by atoms with E-state index in [9.17, 15) is 4.79 Å². The van der Waals surface area contributed by atoms with Crippen molar-refractivity contribution in [3.63, 3.8) is 0 Å². The summed E-state index contributed by atoms with van der Waals surface area (Å²) in [6.45, 7) is 67.7. The van der Waals surface area contributed by atoms with Crippen molar-refractivity contribution in [2.24, 2.45) is 0 Å². The number of amides is 1. The first kappa shape index (κ1) is 84.9. The maximum Gasteiger partial charge on any atom is 0.498 e.